The van der Waals surface area contributed by atoms with Gasteiger partial charge in [-0.25, -0.2) is 4.98 Å². The van der Waals surface area contributed by atoms with Crippen LogP contribution in [0.1, 0.15) is 18.1 Å². The van der Waals surface area contributed by atoms with Gasteiger partial charge >= 0.3 is 12.8 Å². The van der Waals surface area contributed by atoms with Crippen molar-refractivity contribution >= 4 is 23.1 Å². The van der Waals surface area contributed by atoms with Gasteiger partial charge in [0.2, 0.25) is 0 Å². The molecule has 0 aliphatic heterocycles. The number of nitrogens with zero attached hydrogens (tertiary/aromatic N) is 2. The number of hydrogen-bond acceptors (Lipinski definition) is 4. The second-order valence-electron chi connectivity index (χ2n) is 4.77. The van der Waals surface area contributed by atoms with Crippen LogP contribution in [0.3, 0.4) is 0 Å². The molecule has 4 nitrogen and oxygen atoms in total. The maximum Gasteiger partial charge on any atom is 0.417 e. The third kappa shape index (κ3) is 5.28. The maximum atomic E-state index is 12.6. The van der Waals surface area contributed by atoms with Crippen LogP contribution in [0.5, 0.6) is 5.75 Å². The largest absolute Gasteiger partial charge is 0.435 e. The van der Waals surface area contributed by atoms with Crippen molar-refractivity contribution in [2.75, 3.05) is 5.43 Å². The predicted molar refractivity (Wildman–Crippen MR) is 83.2 cm³/mol. The number of aromatic nitrogens is 1. The van der Waals surface area contributed by atoms with Crippen LogP contribution in [-0.2, 0) is 6.18 Å². The zero-order valence-corrected chi connectivity index (χ0v) is 13.4. The van der Waals surface area contributed by atoms with Gasteiger partial charge in [-0.3, -0.25) is 5.43 Å². The highest BCUT2D eigenvalue weighted by molar-refractivity contribution is 6.33. The molecule has 0 fully saturated rings. The number of halogens is 6. The minimum atomic E-state index is -4.56. The maximum absolute atomic E-state index is 12.6. The minimum Gasteiger partial charge on any atom is -0.435 e. The van der Waals surface area contributed by atoms with Gasteiger partial charge in [0.25, 0.3) is 0 Å². The lowest BCUT2D eigenvalue weighted by Gasteiger charge is -2.09. The van der Waals surface area contributed by atoms with Crippen molar-refractivity contribution in [2.24, 2.45) is 5.10 Å². The molecule has 25 heavy (non-hydrogen) atoms. The fourth-order valence-electron chi connectivity index (χ4n) is 1.77. The number of ether oxygens (including phenoxy) is 1. The van der Waals surface area contributed by atoms with Crippen molar-refractivity contribution in [1.82, 2.24) is 4.98 Å². The van der Waals surface area contributed by atoms with Gasteiger partial charge in [0, 0.05) is 11.8 Å². The second kappa shape index (κ2) is 7.64. The van der Waals surface area contributed by atoms with Crippen LogP contribution in [0.2, 0.25) is 5.02 Å². The van der Waals surface area contributed by atoms with Crippen LogP contribution < -0.4 is 10.2 Å². The Morgan fingerprint density at radius 2 is 2.00 bits per heavy atom. The molecule has 0 radical (unpaired) electrons. The van der Waals surface area contributed by atoms with Gasteiger partial charge in [-0.2, -0.15) is 27.1 Å². The highest BCUT2D eigenvalue weighted by atomic mass is 35.5. The van der Waals surface area contributed by atoms with Gasteiger partial charge < -0.3 is 4.74 Å². The lowest BCUT2D eigenvalue weighted by molar-refractivity contribution is -0.137. The van der Waals surface area contributed by atoms with Crippen molar-refractivity contribution < 1.29 is 26.7 Å². The van der Waals surface area contributed by atoms with E-state index in [9.17, 15) is 22.0 Å². The molecule has 1 aromatic carbocycles. The highest BCUT2D eigenvalue weighted by Crippen LogP contribution is 2.32. The monoisotopic (exact) mass is 379 g/mol. The Hall–Kier alpha value is -2.42. The third-order valence-electron chi connectivity index (χ3n) is 2.97. The number of nitrogens with one attached hydrogen (secondary N) is 1. The molecule has 0 aliphatic rings. The molecule has 1 heterocycles. The van der Waals surface area contributed by atoms with Crippen LogP contribution in [0.15, 0.2) is 41.6 Å². The standard InChI is InChI=1S/C15H11ClF5N3O/c1-8(9-3-2-4-11(5-9)25-14(17)18)23-24-13-12(16)6-10(7-22-13)15(19,20)21/h2-7,14H,1H3,(H,22,24)/b23-8+. The van der Waals surface area contributed by atoms with Crippen LogP contribution in [-0.4, -0.2) is 17.3 Å². The zero-order valence-electron chi connectivity index (χ0n) is 12.6. The summed E-state index contributed by atoms with van der Waals surface area (Å²) in [5.41, 5.74) is 2.28. The summed E-state index contributed by atoms with van der Waals surface area (Å²) >= 11 is 5.75. The smallest absolute Gasteiger partial charge is 0.417 e. The van der Waals surface area contributed by atoms with Crippen molar-refractivity contribution in [3.8, 4) is 5.75 Å². The Bertz CT molecular complexity index is 780. The fourth-order valence-corrected chi connectivity index (χ4v) is 1.98. The molecular formula is C15H11ClF5N3O. The van der Waals surface area contributed by atoms with Crippen LogP contribution in [0.4, 0.5) is 27.8 Å². The van der Waals surface area contributed by atoms with Crippen LogP contribution >= 0.6 is 11.6 Å². The van der Waals surface area contributed by atoms with Gasteiger partial charge in [0.05, 0.1) is 16.3 Å². The van der Waals surface area contributed by atoms with E-state index < -0.39 is 18.4 Å². The van der Waals surface area contributed by atoms with Crippen molar-refractivity contribution in [2.45, 2.75) is 19.7 Å². The van der Waals surface area contributed by atoms with Crippen molar-refractivity contribution in [1.29, 1.82) is 0 Å². The number of anilines is 1. The Morgan fingerprint density at radius 1 is 1.28 bits per heavy atom. The molecule has 10 heteroatoms. The first-order valence-corrected chi connectivity index (χ1v) is 7.13. The lowest BCUT2D eigenvalue weighted by Crippen LogP contribution is -2.07. The second-order valence-corrected chi connectivity index (χ2v) is 5.17. The topological polar surface area (TPSA) is 46.5 Å². The molecule has 1 aromatic heterocycles. The molecule has 0 atom stereocenters. The number of hydrogen-bond donors (Lipinski definition) is 1. The lowest BCUT2D eigenvalue weighted by atomic mass is 10.1. The van der Waals surface area contributed by atoms with E-state index in [0.717, 1.165) is 6.07 Å². The average molecular weight is 380 g/mol. The molecule has 0 aliphatic carbocycles. The summed E-state index contributed by atoms with van der Waals surface area (Å²) in [6.45, 7) is -1.40. The molecular weight excluding hydrogens is 369 g/mol. The van der Waals surface area contributed by atoms with E-state index in [2.05, 4.69) is 20.2 Å². The van der Waals surface area contributed by atoms with Gasteiger partial charge in [-0.1, -0.05) is 23.7 Å². The summed E-state index contributed by atoms with van der Waals surface area (Å²) in [4.78, 5) is 3.57. The highest BCUT2D eigenvalue weighted by Gasteiger charge is 2.31. The van der Waals surface area contributed by atoms with Gasteiger partial charge in [-0.15, -0.1) is 0 Å². The normalized spacial score (nSPS) is 12.4. The number of pyridine rings is 1. The summed E-state index contributed by atoms with van der Waals surface area (Å²) in [6, 6.07) is 6.51. The van der Waals surface area contributed by atoms with E-state index >= 15 is 0 Å². The Labute approximate surface area is 144 Å². The van der Waals surface area contributed by atoms with Gasteiger partial charge in [0.15, 0.2) is 5.82 Å². The van der Waals surface area contributed by atoms with Crippen molar-refractivity contribution in [3.05, 3.63) is 52.7 Å². The molecule has 0 saturated heterocycles. The molecule has 134 valence electrons. The van der Waals surface area contributed by atoms with Crippen LogP contribution in [0.25, 0.3) is 0 Å². The molecule has 0 spiro atoms. The fraction of sp³-hybridized carbons (Fsp3) is 0.200. The number of hydrazone groups is 1. The Kier molecular flexibility index (Phi) is 5.78. The van der Waals surface area contributed by atoms with Crippen molar-refractivity contribution in [3.63, 3.8) is 0 Å². The first-order valence-electron chi connectivity index (χ1n) is 6.75. The van der Waals surface area contributed by atoms with E-state index in [1.54, 1.807) is 13.0 Å². The number of benzene rings is 1. The number of rotatable bonds is 5. The van der Waals surface area contributed by atoms with Crippen LogP contribution in [0, 0.1) is 0 Å². The molecule has 0 saturated carbocycles. The summed E-state index contributed by atoms with van der Waals surface area (Å²) in [5, 5.41) is 3.67. The minimum absolute atomic E-state index is 0.0484. The van der Waals surface area contributed by atoms with E-state index in [0.29, 0.717) is 17.5 Å². The third-order valence-corrected chi connectivity index (χ3v) is 3.26. The molecule has 0 bridgehead atoms. The number of alkyl halides is 5. The Balaban J connectivity index is 2.16. The van der Waals surface area contributed by atoms with E-state index in [1.807, 2.05) is 0 Å². The molecule has 2 aromatic rings. The Morgan fingerprint density at radius 3 is 2.60 bits per heavy atom. The van der Waals surface area contributed by atoms with E-state index in [-0.39, 0.29) is 16.6 Å². The first kappa shape index (κ1) is 18.9. The van der Waals surface area contributed by atoms with E-state index in [1.165, 1.54) is 18.2 Å². The molecule has 1 N–H and O–H groups in total. The zero-order chi connectivity index (χ0) is 18.6. The summed E-state index contributed by atoms with van der Waals surface area (Å²) < 4.78 is 66.4. The predicted octanol–water partition coefficient (Wildman–Crippen LogP) is 5.19. The first-order chi connectivity index (χ1) is 11.7. The quantitative estimate of drug-likeness (QED) is 0.442. The summed E-state index contributed by atoms with van der Waals surface area (Å²) in [6.07, 6.45) is -3.93. The van der Waals surface area contributed by atoms with Gasteiger partial charge in [-0.05, 0) is 25.1 Å². The van der Waals surface area contributed by atoms with E-state index in [4.69, 9.17) is 11.6 Å². The molecule has 0 amide bonds. The SMILES string of the molecule is C/C(=N\Nc1ncc(C(F)(F)F)cc1Cl)c1cccc(OC(F)F)c1. The summed E-state index contributed by atoms with van der Waals surface area (Å²) in [7, 11) is 0. The molecule has 2 rings (SSSR count). The average Bonchev–Trinajstić information content (AvgIpc) is 2.52. The van der Waals surface area contributed by atoms with Gasteiger partial charge in [0.1, 0.15) is 5.75 Å². The molecule has 0 unspecified atom stereocenters. The summed E-state index contributed by atoms with van der Waals surface area (Å²) in [5.74, 6) is -0.123.